The van der Waals surface area contributed by atoms with E-state index in [1.165, 1.54) is 11.1 Å². The van der Waals surface area contributed by atoms with Gasteiger partial charge in [-0.3, -0.25) is 0 Å². The lowest BCUT2D eigenvalue weighted by Crippen LogP contribution is -2.21. The van der Waals surface area contributed by atoms with E-state index in [1.807, 2.05) is 11.9 Å². The fourth-order valence-electron chi connectivity index (χ4n) is 1.76. The van der Waals surface area contributed by atoms with Crippen molar-refractivity contribution >= 4 is 12.0 Å². The maximum Gasteiger partial charge on any atom is 0.139 e. The van der Waals surface area contributed by atoms with Crippen LogP contribution in [0.25, 0.3) is 0 Å². The zero-order valence-electron chi connectivity index (χ0n) is 10.9. The van der Waals surface area contributed by atoms with E-state index in [9.17, 15) is 4.79 Å². The molecule has 0 atom stereocenters. The molecule has 0 aliphatic carbocycles. The van der Waals surface area contributed by atoms with E-state index in [0.717, 1.165) is 12.0 Å². The smallest absolute Gasteiger partial charge is 0.139 e. The summed E-state index contributed by atoms with van der Waals surface area (Å²) in [4.78, 5) is 12.5. The summed E-state index contributed by atoms with van der Waals surface area (Å²) in [6.07, 6.45) is 0.928. The van der Waals surface area contributed by atoms with E-state index in [0.29, 0.717) is 6.54 Å². The molecule has 0 radical (unpaired) electrons. The molecule has 0 bridgehead atoms. The second kappa shape index (κ2) is 4.69. The van der Waals surface area contributed by atoms with Gasteiger partial charge in [0.2, 0.25) is 0 Å². The molecule has 0 spiro atoms. The van der Waals surface area contributed by atoms with Gasteiger partial charge >= 0.3 is 0 Å². The van der Waals surface area contributed by atoms with Gasteiger partial charge in [0.25, 0.3) is 0 Å². The molecule has 1 rings (SSSR count). The molecule has 1 aromatic carbocycles. The molecule has 1 aromatic rings. The van der Waals surface area contributed by atoms with Crippen molar-refractivity contribution in [1.82, 2.24) is 0 Å². The van der Waals surface area contributed by atoms with Crippen LogP contribution in [0.4, 0.5) is 5.69 Å². The highest BCUT2D eigenvalue weighted by atomic mass is 16.1. The van der Waals surface area contributed by atoms with Crippen LogP contribution in [0.15, 0.2) is 18.2 Å². The quantitative estimate of drug-likeness (QED) is 0.728. The number of anilines is 1. The minimum Gasteiger partial charge on any atom is -0.367 e. The molecular weight excluding hydrogens is 198 g/mol. The van der Waals surface area contributed by atoms with Crippen molar-refractivity contribution < 1.29 is 4.79 Å². The van der Waals surface area contributed by atoms with E-state index in [2.05, 4.69) is 45.9 Å². The largest absolute Gasteiger partial charge is 0.367 e. The molecule has 0 fully saturated rings. The summed E-state index contributed by atoms with van der Waals surface area (Å²) < 4.78 is 0. The topological polar surface area (TPSA) is 20.3 Å². The molecule has 0 heterocycles. The summed E-state index contributed by atoms with van der Waals surface area (Å²) in [5, 5.41) is 0. The van der Waals surface area contributed by atoms with Crippen LogP contribution in [0.1, 0.15) is 31.9 Å². The van der Waals surface area contributed by atoms with Crippen LogP contribution >= 0.6 is 0 Å². The van der Waals surface area contributed by atoms with E-state index in [-0.39, 0.29) is 5.41 Å². The fourth-order valence-corrected chi connectivity index (χ4v) is 1.76. The number of rotatable bonds is 3. The molecule has 0 aliphatic heterocycles. The van der Waals surface area contributed by atoms with Crippen molar-refractivity contribution in [2.24, 2.45) is 0 Å². The first-order chi connectivity index (χ1) is 7.36. The Labute approximate surface area is 98.3 Å². The highest BCUT2D eigenvalue weighted by molar-refractivity contribution is 5.63. The molecule has 88 valence electrons. The van der Waals surface area contributed by atoms with Crippen molar-refractivity contribution in [3.8, 4) is 0 Å². The Bertz CT molecular complexity index is 377. The Kier molecular flexibility index (Phi) is 3.74. The number of hydrogen-bond donors (Lipinski definition) is 0. The van der Waals surface area contributed by atoms with Gasteiger partial charge in [0.1, 0.15) is 6.29 Å². The van der Waals surface area contributed by atoms with Gasteiger partial charge in [-0.25, -0.2) is 0 Å². The van der Waals surface area contributed by atoms with Gasteiger partial charge < -0.3 is 9.69 Å². The first kappa shape index (κ1) is 12.8. The van der Waals surface area contributed by atoms with Crippen LogP contribution in [-0.2, 0) is 10.2 Å². The molecule has 0 aromatic heterocycles. The van der Waals surface area contributed by atoms with Crippen molar-refractivity contribution in [1.29, 1.82) is 0 Å². The second-order valence-electron chi connectivity index (χ2n) is 5.30. The molecule has 16 heavy (non-hydrogen) atoms. The van der Waals surface area contributed by atoms with Crippen LogP contribution in [-0.4, -0.2) is 19.9 Å². The monoisotopic (exact) mass is 219 g/mol. The highest BCUT2D eigenvalue weighted by Crippen LogP contribution is 2.27. The Balaban J connectivity index is 3.05. The van der Waals surface area contributed by atoms with E-state index in [1.54, 1.807) is 0 Å². The van der Waals surface area contributed by atoms with Gasteiger partial charge in [-0.2, -0.15) is 0 Å². The second-order valence-corrected chi connectivity index (χ2v) is 5.30. The van der Waals surface area contributed by atoms with Crippen molar-refractivity contribution in [2.45, 2.75) is 33.1 Å². The maximum atomic E-state index is 10.5. The molecule has 0 aliphatic rings. The fraction of sp³-hybridized carbons (Fsp3) is 0.500. The van der Waals surface area contributed by atoms with Crippen molar-refractivity contribution in [2.75, 3.05) is 18.5 Å². The zero-order chi connectivity index (χ0) is 12.3. The van der Waals surface area contributed by atoms with Crippen LogP contribution < -0.4 is 4.90 Å². The average molecular weight is 219 g/mol. The lowest BCUT2D eigenvalue weighted by molar-refractivity contribution is -0.106. The van der Waals surface area contributed by atoms with Gasteiger partial charge in [-0.05, 0) is 29.5 Å². The third-order valence-electron chi connectivity index (χ3n) is 2.82. The first-order valence-corrected chi connectivity index (χ1v) is 5.62. The van der Waals surface area contributed by atoms with E-state index < -0.39 is 0 Å². The molecule has 0 saturated carbocycles. The van der Waals surface area contributed by atoms with Crippen molar-refractivity contribution in [3.63, 3.8) is 0 Å². The number of aryl methyl sites for hydroxylation is 1. The summed E-state index contributed by atoms with van der Waals surface area (Å²) in [6, 6.07) is 6.44. The molecule has 0 unspecified atom stereocenters. The standard InChI is InChI=1S/C14H21NO/c1-11-10-12(14(2,3)4)6-7-13(11)15(5)8-9-16/h6-7,9-10H,8H2,1-5H3. The summed E-state index contributed by atoms with van der Waals surface area (Å²) in [7, 11) is 1.94. The Morgan fingerprint density at radius 3 is 2.38 bits per heavy atom. The number of hydrogen-bond acceptors (Lipinski definition) is 2. The third-order valence-corrected chi connectivity index (χ3v) is 2.82. The predicted molar refractivity (Wildman–Crippen MR) is 69.2 cm³/mol. The van der Waals surface area contributed by atoms with Gasteiger partial charge in [-0.1, -0.05) is 32.9 Å². The third kappa shape index (κ3) is 2.84. The molecule has 0 saturated heterocycles. The highest BCUT2D eigenvalue weighted by Gasteiger charge is 2.15. The summed E-state index contributed by atoms with van der Waals surface area (Å²) >= 11 is 0. The number of carbonyl (C=O) groups excluding carboxylic acids is 1. The molecule has 2 nitrogen and oxygen atoms in total. The minimum absolute atomic E-state index is 0.173. The van der Waals surface area contributed by atoms with Crippen LogP contribution in [0.2, 0.25) is 0 Å². The molecule has 0 amide bonds. The minimum atomic E-state index is 0.173. The van der Waals surface area contributed by atoms with Gasteiger partial charge in [-0.15, -0.1) is 0 Å². The Morgan fingerprint density at radius 2 is 1.94 bits per heavy atom. The number of likely N-dealkylation sites (N-methyl/N-ethyl adjacent to an activating group) is 1. The summed E-state index contributed by atoms with van der Waals surface area (Å²) in [5.41, 5.74) is 3.84. The van der Waals surface area contributed by atoms with Gasteiger partial charge in [0.15, 0.2) is 0 Å². The van der Waals surface area contributed by atoms with E-state index >= 15 is 0 Å². The number of nitrogens with zero attached hydrogens (tertiary/aromatic N) is 1. The van der Waals surface area contributed by atoms with Crippen molar-refractivity contribution in [3.05, 3.63) is 29.3 Å². The molecular formula is C14H21NO. The molecule has 0 N–H and O–H groups in total. The Hall–Kier alpha value is -1.31. The van der Waals surface area contributed by atoms with Crippen LogP contribution in [0.5, 0.6) is 0 Å². The summed E-state index contributed by atoms with van der Waals surface area (Å²) in [5.74, 6) is 0. The zero-order valence-corrected chi connectivity index (χ0v) is 10.9. The number of aldehydes is 1. The van der Waals surface area contributed by atoms with Crippen LogP contribution in [0.3, 0.4) is 0 Å². The average Bonchev–Trinajstić information content (AvgIpc) is 2.16. The SMILES string of the molecule is Cc1cc(C(C)(C)C)ccc1N(C)CC=O. The van der Waals surface area contributed by atoms with Crippen LogP contribution in [0, 0.1) is 6.92 Å². The number of carbonyl (C=O) groups is 1. The summed E-state index contributed by atoms with van der Waals surface area (Å²) in [6.45, 7) is 9.14. The first-order valence-electron chi connectivity index (χ1n) is 5.62. The maximum absolute atomic E-state index is 10.5. The molecule has 2 heteroatoms. The van der Waals surface area contributed by atoms with Gasteiger partial charge in [0, 0.05) is 12.7 Å². The number of benzene rings is 1. The predicted octanol–water partition coefficient (Wildman–Crippen LogP) is 2.93. The lowest BCUT2D eigenvalue weighted by Gasteiger charge is -2.23. The van der Waals surface area contributed by atoms with E-state index in [4.69, 9.17) is 0 Å². The lowest BCUT2D eigenvalue weighted by atomic mass is 9.86. The van der Waals surface area contributed by atoms with Gasteiger partial charge in [0.05, 0.1) is 6.54 Å². The normalized spacial score (nSPS) is 11.3. The Morgan fingerprint density at radius 1 is 1.31 bits per heavy atom.